The van der Waals surface area contributed by atoms with Crippen molar-refractivity contribution in [1.82, 2.24) is 0 Å². The van der Waals surface area contributed by atoms with Crippen molar-refractivity contribution in [2.45, 2.75) is 0 Å². The average Bonchev–Trinajstić information content (AvgIpc) is 2.26. The Labute approximate surface area is 149 Å². The van der Waals surface area contributed by atoms with E-state index in [2.05, 4.69) is 6.07 Å². The number of halogens is 1. The molecule has 0 saturated carbocycles. The Hall–Kier alpha value is -0.473. The fraction of sp³-hybridized carbons (Fsp3) is 0. The zero-order chi connectivity index (χ0) is 19.4. The average molecular weight is 349 g/mol. The Bertz CT molecular complexity index is 276. The SMILES string of the molecule is Fc1[c-]cccc1.OB(O)O.OB(O)O.OB(O)O.OB(O)O.[Li+]. The van der Waals surface area contributed by atoms with Crippen LogP contribution in [-0.2, 0) is 0 Å². The van der Waals surface area contributed by atoms with Crippen LogP contribution >= 0.6 is 0 Å². The van der Waals surface area contributed by atoms with E-state index in [0.29, 0.717) is 0 Å². The monoisotopic (exact) mass is 350 g/mol. The third-order valence-corrected chi connectivity index (χ3v) is 0.671. The Kier molecular flexibility index (Phi) is 39.7. The van der Waals surface area contributed by atoms with Crippen LogP contribution in [0.3, 0.4) is 0 Å². The summed E-state index contributed by atoms with van der Waals surface area (Å²) in [5.74, 6) is -0.303. The molecule has 0 saturated heterocycles. The van der Waals surface area contributed by atoms with E-state index in [1.165, 1.54) is 12.1 Å². The zero-order valence-electron chi connectivity index (χ0n) is 12.4. The molecule has 0 unspecified atom stereocenters. The van der Waals surface area contributed by atoms with E-state index in [9.17, 15) is 4.39 Å². The number of hydrogen-bond donors (Lipinski definition) is 12. The van der Waals surface area contributed by atoms with Gasteiger partial charge in [-0.15, -0.1) is 12.1 Å². The predicted molar refractivity (Wildman–Crippen MR) is 74.9 cm³/mol. The fourth-order valence-corrected chi connectivity index (χ4v) is 0.371. The maximum Gasteiger partial charge on any atom is 1.00 e. The minimum Gasteiger partial charge on any atom is -0.402 e. The smallest absolute Gasteiger partial charge is 0.402 e. The molecule has 0 spiro atoms. The maximum absolute atomic E-state index is 11.9. The largest absolute Gasteiger partial charge is 1.00 e. The third-order valence-electron chi connectivity index (χ3n) is 0.671. The minimum atomic E-state index is -2.17. The quantitative estimate of drug-likeness (QED) is 0.154. The second kappa shape index (κ2) is 27.4. The predicted octanol–water partition coefficient (Wildman–Crippen LogP) is -9.58. The van der Waals surface area contributed by atoms with Gasteiger partial charge in [0.05, 0.1) is 0 Å². The second-order valence-corrected chi connectivity index (χ2v) is 2.60. The number of rotatable bonds is 0. The van der Waals surface area contributed by atoms with E-state index in [0.717, 1.165) is 0 Å². The summed E-state index contributed by atoms with van der Waals surface area (Å²) >= 11 is 0. The fourth-order valence-electron chi connectivity index (χ4n) is 0.371. The Morgan fingerprint density at radius 1 is 0.625 bits per heavy atom. The molecule has 0 bridgehead atoms. The maximum atomic E-state index is 11.9. The molecule has 0 amide bonds. The molecule has 12 N–H and O–H groups in total. The van der Waals surface area contributed by atoms with E-state index in [1.54, 1.807) is 12.1 Å². The van der Waals surface area contributed by atoms with Gasteiger partial charge >= 0.3 is 48.1 Å². The normalized spacial score (nSPS) is 7.04. The van der Waals surface area contributed by atoms with Gasteiger partial charge in [-0.3, -0.25) is 0 Å². The van der Waals surface area contributed by atoms with Crippen molar-refractivity contribution in [3.8, 4) is 0 Å². The number of benzene rings is 1. The first kappa shape index (κ1) is 34.8. The summed E-state index contributed by atoms with van der Waals surface area (Å²) in [7, 11) is -8.67. The van der Waals surface area contributed by atoms with Crippen molar-refractivity contribution in [3.63, 3.8) is 0 Å². The molecule has 1 aromatic rings. The molecule has 0 aliphatic rings. The molecule has 0 heterocycles. The second-order valence-electron chi connectivity index (χ2n) is 2.60. The molecule has 0 aliphatic carbocycles. The van der Waals surface area contributed by atoms with Crippen molar-refractivity contribution in [3.05, 3.63) is 36.1 Å². The van der Waals surface area contributed by atoms with Crippen molar-refractivity contribution in [2.24, 2.45) is 0 Å². The molecule has 1 aromatic carbocycles. The van der Waals surface area contributed by atoms with E-state index in [-0.39, 0.29) is 24.7 Å². The molecule has 0 radical (unpaired) electrons. The topological polar surface area (TPSA) is 243 Å². The molecule has 18 heteroatoms. The van der Waals surface area contributed by atoms with Gasteiger partial charge in [0.2, 0.25) is 0 Å². The molecule has 0 aliphatic heterocycles. The van der Waals surface area contributed by atoms with Gasteiger partial charge in [-0.05, 0) is 0 Å². The molecule has 0 atom stereocenters. The van der Waals surface area contributed by atoms with Crippen LogP contribution in [0.15, 0.2) is 24.3 Å². The minimum absolute atomic E-state index is 0. The summed E-state index contributed by atoms with van der Waals surface area (Å²) in [6.07, 6.45) is 0. The first-order chi connectivity index (χ1) is 10.3. The summed E-state index contributed by atoms with van der Waals surface area (Å²) in [5, 5.41) is 86.0. The molecule has 0 aromatic heterocycles. The molecular weight excluding hydrogens is 333 g/mol. The summed E-state index contributed by atoms with van der Waals surface area (Å²) in [6.45, 7) is 0. The summed E-state index contributed by atoms with van der Waals surface area (Å²) in [4.78, 5) is 0. The van der Waals surface area contributed by atoms with Crippen molar-refractivity contribution in [2.75, 3.05) is 0 Å². The van der Waals surface area contributed by atoms with Crippen LogP contribution in [0.1, 0.15) is 0 Å². The first-order valence-corrected chi connectivity index (χ1v) is 5.11. The van der Waals surface area contributed by atoms with E-state index < -0.39 is 29.3 Å². The molecule has 132 valence electrons. The van der Waals surface area contributed by atoms with Gasteiger partial charge in [0, 0.05) is 5.82 Å². The van der Waals surface area contributed by atoms with Crippen molar-refractivity contribution < 1.29 is 83.5 Å². The Balaban J connectivity index is -0.0000000641. The van der Waals surface area contributed by atoms with Crippen LogP contribution in [-0.4, -0.2) is 89.6 Å². The zero-order valence-corrected chi connectivity index (χ0v) is 12.4. The van der Waals surface area contributed by atoms with Gasteiger partial charge in [-0.25, -0.2) is 4.39 Å². The van der Waals surface area contributed by atoms with E-state index in [4.69, 9.17) is 60.3 Å². The van der Waals surface area contributed by atoms with Crippen LogP contribution in [0.4, 0.5) is 4.39 Å². The van der Waals surface area contributed by atoms with E-state index in [1.807, 2.05) is 0 Å². The first-order valence-electron chi connectivity index (χ1n) is 5.11. The molecular formula is C6H16B4FLiO12. The van der Waals surface area contributed by atoms with E-state index >= 15 is 0 Å². The third kappa shape index (κ3) is 160. The summed E-state index contributed by atoms with van der Waals surface area (Å²) in [6, 6.07) is 8.62. The Morgan fingerprint density at radius 2 is 0.875 bits per heavy atom. The van der Waals surface area contributed by atoms with Gasteiger partial charge in [0.15, 0.2) is 0 Å². The molecule has 12 nitrogen and oxygen atoms in total. The van der Waals surface area contributed by atoms with Gasteiger partial charge in [-0.1, -0.05) is 0 Å². The van der Waals surface area contributed by atoms with Gasteiger partial charge < -0.3 is 60.3 Å². The number of hydrogen-bond acceptors (Lipinski definition) is 12. The molecule has 0 fully saturated rings. The van der Waals surface area contributed by atoms with Gasteiger partial charge in [-0.2, -0.15) is 18.2 Å². The van der Waals surface area contributed by atoms with Crippen LogP contribution in [0.5, 0.6) is 0 Å². The summed E-state index contributed by atoms with van der Waals surface area (Å²) < 4.78 is 11.9. The van der Waals surface area contributed by atoms with Gasteiger partial charge in [0.25, 0.3) is 0 Å². The van der Waals surface area contributed by atoms with Gasteiger partial charge in [0.1, 0.15) is 0 Å². The standard InChI is InChI=1S/C6H4F.4BH3O3.Li/c7-6-4-2-1-3-5-6;4*2-1(3)4;/h1-4H;4*2-4H;/q-1;;;;;+1. The molecule has 24 heavy (non-hydrogen) atoms. The molecule has 1 rings (SSSR count). The summed E-state index contributed by atoms with van der Waals surface area (Å²) in [5.41, 5.74) is 0. The Morgan fingerprint density at radius 3 is 0.958 bits per heavy atom. The van der Waals surface area contributed by atoms with Crippen LogP contribution in [0.25, 0.3) is 0 Å². The van der Waals surface area contributed by atoms with Crippen molar-refractivity contribution >= 4 is 29.3 Å². The van der Waals surface area contributed by atoms with Crippen molar-refractivity contribution in [1.29, 1.82) is 0 Å². The van der Waals surface area contributed by atoms with Crippen LogP contribution < -0.4 is 18.9 Å². The van der Waals surface area contributed by atoms with Crippen LogP contribution in [0, 0.1) is 11.9 Å². The van der Waals surface area contributed by atoms with Crippen LogP contribution in [0.2, 0.25) is 0 Å².